The molecule has 2 N–H and O–H groups in total. The molecule has 1 aromatic rings. The summed E-state index contributed by atoms with van der Waals surface area (Å²) < 4.78 is 32.1. The van der Waals surface area contributed by atoms with Crippen molar-refractivity contribution in [3.63, 3.8) is 0 Å². The van der Waals surface area contributed by atoms with Crippen LogP contribution in [0.5, 0.6) is 0 Å². The molecule has 1 aliphatic heterocycles. The fraction of sp³-hybridized carbons (Fsp3) is 0.588. The Hall–Kier alpha value is -1.64. The molecule has 0 saturated carbocycles. The van der Waals surface area contributed by atoms with E-state index in [1.807, 2.05) is 6.07 Å². The zero-order valence-electron chi connectivity index (χ0n) is 15.0. The molecule has 1 fully saturated rings. The number of ether oxygens (including phenoxy) is 1. The van der Waals surface area contributed by atoms with E-state index in [0.717, 1.165) is 24.8 Å². The van der Waals surface area contributed by atoms with E-state index in [1.165, 1.54) is 0 Å². The van der Waals surface area contributed by atoms with Crippen molar-refractivity contribution in [1.82, 2.24) is 14.9 Å². The normalized spacial score (nSPS) is 16.6. The second-order valence-corrected chi connectivity index (χ2v) is 7.90. The zero-order chi connectivity index (χ0) is 18.1. The quantitative estimate of drug-likeness (QED) is 0.429. The molecule has 1 saturated heterocycles. The summed E-state index contributed by atoms with van der Waals surface area (Å²) in [4.78, 5) is 4.49. The number of guanidine groups is 1. The van der Waals surface area contributed by atoms with Gasteiger partial charge in [0, 0.05) is 40.3 Å². The number of hydrogen-bond acceptors (Lipinski definition) is 4. The third-order valence-corrected chi connectivity index (χ3v) is 6.03. The largest absolute Gasteiger partial charge is 0.383 e. The van der Waals surface area contributed by atoms with Crippen molar-refractivity contribution >= 4 is 16.0 Å². The summed E-state index contributed by atoms with van der Waals surface area (Å²) in [5.41, 5.74) is 0.896. The van der Waals surface area contributed by atoms with E-state index in [0.29, 0.717) is 43.6 Å². The first-order valence-electron chi connectivity index (χ1n) is 8.60. The van der Waals surface area contributed by atoms with E-state index < -0.39 is 10.0 Å². The number of nitrogens with zero attached hydrogens (tertiary/aromatic N) is 2. The van der Waals surface area contributed by atoms with Crippen LogP contribution in [-0.4, -0.2) is 59.1 Å². The monoisotopic (exact) mass is 368 g/mol. The summed E-state index contributed by atoms with van der Waals surface area (Å²) >= 11 is 0. The van der Waals surface area contributed by atoms with E-state index in [1.54, 1.807) is 36.7 Å². The predicted octanol–water partition coefficient (Wildman–Crippen LogP) is 1.17. The Labute approximate surface area is 150 Å². The Morgan fingerprint density at radius 1 is 1.24 bits per heavy atom. The maximum absolute atomic E-state index is 12.8. The zero-order valence-corrected chi connectivity index (χ0v) is 15.8. The van der Waals surface area contributed by atoms with Gasteiger partial charge >= 0.3 is 0 Å². The summed E-state index contributed by atoms with van der Waals surface area (Å²) in [6.45, 7) is 2.96. The molecule has 0 spiro atoms. The topological polar surface area (TPSA) is 83.0 Å². The number of piperidine rings is 1. The Morgan fingerprint density at radius 3 is 2.68 bits per heavy atom. The van der Waals surface area contributed by atoms with Crippen LogP contribution in [0.3, 0.4) is 0 Å². The Bertz CT molecular complexity index is 670. The van der Waals surface area contributed by atoms with Crippen molar-refractivity contribution in [3.05, 3.63) is 29.8 Å². The van der Waals surface area contributed by atoms with E-state index in [9.17, 15) is 8.42 Å². The van der Waals surface area contributed by atoms with Gasteiger partial charge in [-0.25, -0.2) is 8.42 Å². The molecule has 1 aliphatic rings. The molecule has 0 atom stereocenters. The van der Waals surface area contributed by atoms with Gasteiger partial charge in [0.1, 0.15) is 0 Å². The predicted molar refractivity (Wildman–Crippen MR) is 99.1 cm³/mol. The molecule has 0 bridgehead atoms. The van der Waals surface area contributed by atoms with Crippen molar-refractivity contribution < 1.29 is 13.2 Å². The van der Waals surface area contributed by atoms with Crippen LogP contribution in [-0.2, 0) is 21.3 Å². The smallest absolute Gasteiger partial charge is 0.243 e. The van der Waals surface area contributed by atoms with Gasteiger partial charge in [-0.1, -0.05) is 18.6 Å². The molecular formula is C17H28N4O3S. The van der Waals surface area contributed by atoms with Crippen LogP contribution in [0, 0.1) is 0 Å². The highest BCUT2D eigenvalue weighted by Crippen LogP contribution is 2.21. The van der Waals surface area contributed by atoms with Gasteiger partial charge in [0.15, 0.2) is 5.96 Å². The second kappa shape index (κ2) is 9.74. The highest BCUT2D eigenvalue weighted by molar-refractivity contribution is 7.89. The molecule has 140 valence electrons. The number of nitrogens with one attached hydrogen (secondary N) is 2. The number of benzene rings is 1. The van der Waals surface area contributed by atoms with E-state index in [-0.39, 0.29) is 0 Å². The molecule has 8 heteroatoms. The van der Waals surface area contributed by atoms with Crippen molar-refractivity contribution in [3.8, 4) is 0 Å². The maximum Gasteiger partial charge on any atom is 0.243 e. The minimum atomic E-state index is -3.40. The highest BCUT2D eigenvalue weighted by atomic mass is 32.2. The third kappa shape index (κ3) is 5.69. The molecule has 1 heterocycles. The highest BCUT2D eigenvalue weighted by Gasteiger charge is 2.25. The lowest BCUT2D eigenvalue weighted by Gasteiger charge is -2.26. The van der Waals surface area contributed by atoms with E-state index >= 15 is 0 Å². The van der Waals surface area contributed by atoms with Crippen LogP contribution in [0.2, 0.25) is 0 Å². The van der Waals surface area contributed by atoms with Crippen molar-refractivity contribution in [2.24, 2.45) is 4.99 Å². The molecule has 0 unspecified atom stereocenters. The molecule has 1 aromatic carbocycles. The molecule has 25 heavy (non-hydrogen) atoms. The van der Waals surface area contributed by atoms with Crippen molar-refractivity contribution in [2.75, 3.05) is 40.4 Å². The number of methoxy groups -OCH3 is 1. The molecule has 7 nitrogen and oxygen atoms in total. The Balaban J connectivity index is 2.00. The van der Waals surface area contributed by atoms with Gasteiger partial charge in [0.25, 0.3) is 0 Å². The Kier molecular flexibility index (Phi) is 7.67. The molecule has 2 rings (SSSR count). The molecular weight excluding hydrogens is 340 g/mol. The fourth-order valence-electron chi connectivity index (χ4n) is 2.75. The number of aliphatic imine (C=N–C) groups is 1. The average molecular weight is 369 g/mol. The van der Waals surface area contributed by atoms with Crippen molar-refractivity contribution in [1.29, 1.82) is 0 Å². The molecule has 0 radical (unpaired) electrons. The molecule has 0 aromatic heterocycles. The molecule has 0 amide bonds. The van der Waals surface area contributed by atoms with Crippen LogP contribution in [0.25, 0.3) is 0 Å². The Morgan fingerprint density at radius 2 is 2.00 bits per heavy atom. The van der Waals surface area contributed by atoms with Crippen LogP contribution < -0.4 is 10.6 Å². The van der Waals surface area contributed by atoms with Crippen LogP contribution in [0.1, 0.15) is 24.8 Å². The van der Waals surface area contributed by atoms with Gasteiger partial charge < -0.3 is 15.4 Å². The van der Waals surface area contributed by atoms with Gasteiger partial charge in [-0.3, -0.25) is 4.99 Å². The lowest BCUT2D eigenvalue weighted by Crippen LogP contribution is -2.38. The number of hydrogen-bond donors (Lipinski definition) is 2. The van der Waals surface area contributed by atoms with E-state index in [2.05, 4.69) is 15.6 Å². The third-order valence-electron chi connectivity index (χ3n) is 4.13. The first-order chi connectivity index (χ1) is 12.1. The van der Waals surface area contributed by atoms with Gasteiger partial charge in [-0.05, 0) is 30.5 Å². The second-order valence-electron chi connectivity index (χ2n) is 5.96. The number of sulfonamides is 1. The minimum Gasteiger partial charge on any atom is -0.383 e. The van der Waals surface area contributed by atoms with Gasteiger partial charge in [0.05, 0.1) is 11.5 Å². The summed E-state index contributed by atoms with van der Waals surface area (Å²) in [5.74, 6) is 0.654. The van der Waals surface area contributed by atoms with Crippen LogP contribution in [0.4, 0.5) is 0 Å². The van der Waals surface area contributed by atoms with E-state index in [4.69, 9.17) is 4.74 Å². The lowest BCUT2D eigenvalue weighted by molar-refractivity contribution is 0.203. The summed E-state index contributed by atoms with van der Waals surface area (Å²) in [6.07, 6.45) is 2.97. The minimum absolute atomic E-state index is 0.357. The summed E-state index contributed by atoms with van der Waals surface area (Å²) in [7, 11) is -0.0643. The standard InChI is InChI=1S/C17H28N4O3S/c1-18-17(19-9-12-24-2)20-14-15-7-6-8-16(13-15)25(22,23)21-10-4-3-5-11-21/h6-8,13H,3-5,9-12,14H2,1-2H3,(H2,18,19,20). The number of rotatable bonds is 7. The fourth-order valence-corrected chi connectivity index (χ4v) is 4.34. The first kappa shape index (κ1) is 19.7. The first-order valence-corrected chi connectivity index (χ1v) is 10.0. The van der Waals surface area contributed by atoms with Crippen LogP contribution in [0.15, 0.2) is 34.2 Å². The van der Waals surface area contributed by atoms with Crippen LogP contribution >= 0.6 is 0 Å². The maximum atomic E-state index is 12.8. The van der Waals surface area contributed by atoms with Crippen molar-refractivity contribution in [2.45, 2.75) is 30.7 Å². The van der Waals surface area contributed by atoms with Gasteiger partial charge in [0.2, 0.25) is 10.0 Å². The van der Waals surface area contributed by atoms with Gasteiger partial charge in [-0.2, -0.15) is 4.31 Å². The summed E-state index contributed by atoms with van der Waals surface area (Å²) in [5, 5.41) is 6.30. The summed E-state index contributed by atoms with van der Waals surface area (Å²) in [6, 6.07) is 7.10. The molecule has 0 aliphatic carbocycles. The average Bonchev–Trinajstić information content (AvgIpc) is 2.65. The lowest BCUT2D eigenvalue weighted by atomic mass is 10.2. The SMILES string of the molecule is CN=C(NCCOC)NCc1cccc(S(=O)(=O)N2CCCCC2)c1. The van der Waals surface area contributed by atoms with Gasteiger partial charge in [-0.15, -0.1) is 0 Å².